The molecule has 0 aliphatic carbocycles. The molecule has 0 radical (unpaired) electrons. The van der Waals surface area contributed by atoms with Gasteiger partial charge in [-0.05, 0) is 49.2 Å². The normalized spacial score (nSPS) is 24.8. The van der Waals surface area contributed by atoms with Gasteiger partial charge >= 0.3 is 5.97 Å². The minimum absolute atomic E-state index is 0.151. The van der Waals surface area contributed by atoms with Crippen molar-refractivity contribution in [1.29, 1.82) is 0 Å². The average molecular weight is 498 g/mol. The number of fused-ring (bicyclic) bond motifs is 1. The zero-order chi connectivity index (χ0) is 26.3. The van der Waals surface area contributed by atoms with Crippen molar-refractivity contribution in [2.45, 2.75) is 25.4 Å². The van der Waals surface area contributed by atoms with Gasteiger partial charge in [0.25, 0.3) is 0 Å². The SMILES string of the molecule is CCOC(=O)C1(c2ccccc2)NC(c2ccc(N(C)C)cc2)C2C(=O)N(c3ccc(C)cc3)C(=O)C21. The fourth-order valence-corrected chi connectivity index (χ4v) is 5.64. The fraction of sp³-hybridized carbons (Fsp3) is 0.300. The molecule has 7 nitrogen and oxygen atoms in total. The Morgan fingerprint density at radius 3 is 2.19 bits per heavy atom. The van der Waals surface area contributed by atoms with E-state index in [9.17, 15) is 14.4 Å². The summed E-state index contributed by atoms with van der Waals surface area (Å²) in [6.45, 7) is 3.84. The van der Waals surface area contributed by atoms with Gasteiger partial charge in [-0.2, -0.15) is 0 Å². The molecule has 7 heteroatoms. The molecule has 4 unspecified atom stereocenters. The molecule has 1 N–H and O–H groups in total. The second-order valence-electron chi connectivity index (χ2n) is 9.85. The summed E-state index contributed by atoms with van der Waals surface area (Å²) in [6.07, 6.45) is 0. The van der Waals surface area contributed by atoms with E-state index < -0.39 is 35.3 Å². The zero-order valence-electron chi connectivity index (χ0n) is 21.5. The van der Waals surface area contributed by atoms with Crippen molar-refractivity contribution in [3.8, 4) is 0 Å². The number of anilines is 2. The number of hydrogen-bond acceptors (Lipinski definition) is 6. The molecule has 2 aliphatic rings. The van der Waals surface area contributed by atoms with Crippen LogP contribution in [0.2, 0.25) is 0 Å². The Hall–Kier alpha value is -3.97. The Balaban J connectivity index is 1.70. The van der Waals surface area contributed by atoms with Gasteiger partial charge in [0.1, 0.15) is 0 Å². The number of nitrogens with one attached hydrogen (secondary N) is 1. The molecular weight excluding hydrogens is 466 g/mol. The first-order valence-corrected chi connectivity index (χ1v) is 12.5. The Labute approximate surface area is 217 Å². The number of amides is 2. The number of carbonyl (C=O) groups is 3. The molecule has 2 saturated heterocycles. The van der Waals surface area contributed by atoms with Gasteiger partial charge in [-0.3, -0.25) is 14.9 Å². The smallest absolute Gasteiger partial charge is 0.331 e. The first-order valence-electron chi connectivity index (χ1n) is 12.5. The first-order chi connectivity index (χ1) is 17.8. The van der Waals surface area contributed by atoms with Gasteiger partial charge in [0.2, 0.25) is 11.8 Å². The van der Waals surface area contributed by atoms with Crippen LogP contribution in [0.4, 0.5) is 11.4 Å². The number of hydrogen-bond donors (Lipinski definition) is 1. The zero-order valence-corrected chi connectivity index (χ0v) is 21.5. The number of carbonyl (C=O) groups excluding carboxylic acids is 3. The lowest BCUT2D eigenvalue weighted by Gasteiger charge is -2.33. The van der Waals surface area contributed by atoms with Crippen LogP contribution in [0.3, 0.4) is 0 Å². The molecule has 37 heavy (non-hydrogen) atoms. The molecule has 2 fully saturated rings. The molecule has 3 aromatic rings. The van der Waals surface area contributed by atoms with E-state index in [1.54, 1.807) is 19.1 Å². The Morgan fingerprint density at radius 1 is 0.946 bits per heavy atom. The monoisotopic (exact) mass is 497 g/mol. The molecule has 4 atom stereocenters. The molecule has 5 rings (SSSR count). The molecule has 2 amide bonds. The van der Waals surface area contributed by atoms with E-state index in [0.29, 0.717) is 11.3 Å². The predicted octanol–water partition coefficient (Wildman–Crippen LogP) is 3.97. The number of esters is 1. The van der Waals surface area contributed by atoms with Crippen molar-refractivity contribution < 1.29 is 19.1 Å². The highest BCUT2D eigenvalue weighted by molar-refractivity contribution is 6.24. The number of ether oxygens (including phenoxy) is 1. The van der Waals surface area contributed by atoms with E-state index >= 15 is 0 Å². The number of imide groups is 1. The molecular formula is C30H31N3O4. The summed E-state index contributed by atoms with van der Waals surface area (Å²) in [4.78, 5) is 45.2. The molecule has 0 bridgehead atoms. The van der Waals surface area contributed by atoms with E-state index in [0.717, 1.165) is 16.8 Å². The summed E-state index contributed by atoms with van der Waals surface area (Å²) in [5.41, 5.74) is 2.45. The van der Waals surface area contributed by atoms with Crippen LogP contribution >= 0.6 is 0 Å². The lowest BCUT2D eigenvalue weighted by atomic mass is 9.75. The molecule has 3 aromatic carbocycles. The minimum atomic E-state index is -1.51. The molecule has 0 saturated carbocycles. The molecule has 0 aromatic heterocycles. The van der Waals surface area contributed by atoms with Crippen LogP contribution in [0.1, 0.15) is 29.7 Å². The van der Waals surface area contributed by atoms with Crippen LogP contribution in [-0.4, -0.2) is 38.5 Å². The highest BCUT2D eigenvalue weighted by Crippen LogP contribution is 2.54. The summed E-state index contributed by atoms with van der Waals surface area (Å²) in [5.74, 6) is -3.05. The van der Waals surface area contributed by atoms with Gasteiger partial charge in [-0.1, -0.05) is 60.2 Å². The van der Waals surface area contributed by atoms with Crippen molar-refractivity contribution >= 4 is 29.2 Å². The topological polar surface area (TPSA) is 79.0 Å². The third kappa shape index (κ3) is 3.90. The number of rotatable bonds is 6. The van der Waals surface area contributed by atoms with Crippen molar-refractivity contribution in [2.24, 2.45) is 11.8 Å². The summed E-state index contributed by atoms with van der Waals surface area (Å²) in [7, 11) is 3.91. The quantitative estimate of drug-likeness (QED) is 0.410. The Morgan fingerprint density at radius 2 is 1.59 bits per heavy atom. The van der Waals surface area contributed by atoms with Gasteiger partial charge in [-0.15, -0.1) is 0 Å². The van der Waals surface area contributed by atoms with Gasteiger partial charge < -0.3 is 9.64 Å². The summed E-state index contributed by atoms with van der Waals surface area (Å²) >= 11 is 0. The van der Waals surface area contributed by atoms with Gasteiger partial charge in [-0.25, -0.2) is 9.69 Å². The van der Waals surface area contributed by atoms with Crippen molar-refractivity contribution in [1.82, 2.24) is 5.32 Å². The Bertz CT molecular complexity index is 1320. The molecule has 2 heterocycles. The minimum Gasteiger partial charge on any atom is -0.464 e. The summed E-state index contributed by atoms with van der Waals surface area (Å²) < 4.78 is 5.58. The van der Waals surface area contributed by atoms with Crippen molar-refractivity contribution in [3.05, 3.63) is 95.6 Å². The van der Waals surface area contributed by atoms with Gasteiger partial charge in [0.15, 0.2) is 5.54 Å². The van der Waals surface area contributed by atoms with E-state index in [2.05, 4.69) is 5.32 Å². The highest BCUT2D eigenvalue weighted by Gasteiger charge is 2.69. The molecule has 190 valence electrons. The van der Waals surface area contributed by atoms with Gasteiger partial charge in [0, 0.05) is 25.8 Å². The molecule has 2 aliphatic heterocycles. The first kappa shape index (κ1) is 24.7. The van der Waals surface area contributed by atoms with Crippen LogP contribution in [0.25, 0.3) is 0 Å². The summed E-state index contributed by atoms with van der Waals surface area (Å²) in [5, 5.41) is 3.46. The average Bonchev–Trinajstić information content (AvgIpc) is 3.40. The van der Waals surface area contributed by atoms with Crippen LogP contribution in [0.5, 0.6) is 0 Å². The van der Waals surface area contributed by atoms with Crippen LogP contribution in [0.15, 0.2) is 78.9 Å². The van der Waals surface area contributed by atoms with Crippen molar-refractivity contribution in [2.75, 3.05) is 30.5 Å². The maximum atomic E-state index is 14.2. The third-order valence-electron chi connectivity index (χ3n) is 7.45. The van der Waals surface area contributed by atoms with Crippen LogP contribution < -0.4 is 15.1 Å². The summed E-state index contributed by atoms with van der Waals surface area (Å²) in [6, 6.07) is 23.7. The standard InChI is InChI=1S/C30H31N3O4/c1-5-37-29(36)30(21-9-7-6-8-10-21)25-24(26(31-30)20-13-17-22(18-14-20)32(3)4)27(34)33(28(25)35)23-15-11-19(2)12-16-23/h6-18,24-26,31H,5H2,1-4H3. The number of benzene rings is 3. The van der Waals surface area contributed by atoms with Crippen molar-refractivity contribution in [3.63, 3.8) is 0 Å². The fourth-order valence-electron chi connectivity index (χ4n) is 5.64. The van der Waals surface area contributed by atoms with E-state index in [1.807, 2.05) is 92.6 Å². The lowest BCUT2D eigenvalue weighted by Crippen LogP contribution is -2.54. The second kappa shape index (κ2) is 9.48. The van der Waals surface area contributed by atoms with E-state index in [4.69, 9.17) is 4.74 Å². The van der Waals surface area contributed by atoms with E-state index in [1.165, 1.54) is 4.90 Å². The van der Waals surface area contributed by atoms with Gasteiger partial charge in [0.05, 0.1) is 24.1 Å². The van der Waals surface area contributed by atoms with E-state index in [-0.39, 0.29) is 12.5 Å². The maximum Gasteiger partial charge on any atom is 0.331 e. The number of nitrogens with zero attached hydrogens (tertiary/aromatic N) is 2. The second-order valence-corrected chi connectivity index (χ2v) is 9.85. The predicted molar refractivity (Wildman–Crippen MR) is 142 cm³/mol. The highest BCUT2D eigenvalue weighted by atomic mass is 16.5. The number of aryl methyl sites for hydroxylation is 1. The van der Waals surface area contributed by atoms with Crippen LogP contribution in [-0.2, 0) is 24.7 Å². The maximum absolute atomic E-state index is 14.2. The van der Waals surface area contributed by atoms with Crippen LogP contribution in [0, 0.1) is 18.8 Å². The largest absolute Gasteiger partial charge is 0.464 e. The lowest BCUT2D eigenvalue weighted by molar-refractivity contribution is -0.155. The Kier molecular flexibility index (Phi) is 6.33. The third-order valence-corrected chi connectivity index (χ3v) is 7.45. The molecule has 0 spiro atoms.